The standard InChI is InChI=1S/C25H43N3O4/c1-15(2)21(26)22(30)28-19-14-17(10-11-20(19)29)13-18(12-16(3)24(4,5)6)27-23(31)32-25(7,8)9/h10-11,14-16,18,21,29H,12-13,26H2,1-9H3,(H,27,31)(H,28,30)/t16-,18+,21?/m0/s1. The van der Waals surface area contributed by atoms with E-state index in [0.29, 0.717) is 18.0 Å². The quantitative estimate of drug-likeness (QED) is 0.425. The third-order valence-electron chi connectivity index (χ3n) is 5.66. The first-order chi connectivity index (χ1) is 14.5. The molecule has 0 aliphatic rings. The highest BCUT2D eigenvalue weighted by Gasteiger charge is 2.27. The molecule has 1 aromatic rings. The molecule has 0 bridgehead atoms. The van der Waals surface area contributed by atoms with Gasteiger partial charge in [-0.05, 0) is 68.6 Å². The van der Waals surface area contributed by atoms with Gasteiger partial charge in [-0.15, -0.1) is 0 Å². The molecular weight excluding hydrogens is 406 g/mol. The number of phenolic OH excluding ortho intramolecular Hbond substituents is 1. The molecule has 0 fully saturated rings. The summed E-state index contributed by atoms with van der Waals surface area (Å²) in [7, 11) is 0. The van der Waals surface area contributed by atoms with Gasteiger partial charge < -0.3 is 26.2 Å². The summed E-state index contributed by atoms with van der Waals surface area (Å²) in [6.45, 7) is 17.9. The van der Waals surface area contributed by atoms with Crippen molar-refractivity contribution in [1.29, 1.82) is 0 Å². The summed E-state index contributed by atoms with van der Waals surface area (Å²) in [4.78, 5) is 24.8. The third kappa shape index (κ3) is 9.47. The number of nitrogens with two attached hydrogens (primary N) is 1. The number of alkyl carbamates (subject to hydrolysis) is 1. The van der Waals surface area contributed by atoms with Gasteiger partial charge in [0.15, 0.2) is 0 Å². The molecule has 0 aliphatic carbocycles. The molecule has 0 radical (unpaired) electrons. The van der Waals surface area contributed by atoms with Crippen molar-refractivity contribution in [3.63, 3.8) is 0 Å². The molecule has 0 aliphatic heterocycles. The Morgan fingerprint density at radius 3 is 2.19 bits per heavy atom. The molecule has 7 heteroatoms. The van der Waals surface area contributed by atoms with Gasteiger partial charge >= 0.3 is 6.09 Å². The highest BCUT2D eigenvalue weighted by molar-refractivity contribution is 5.96. The number of amides is 2. The third-order valence-corrected chi connectivity index (χ3v) is 5.66. The Morgan fingerprint density at radius 1 is 1.09 bits per heavy atom. The molecule has 2 amide bonds. The van der Waals surface area contributed by atoms with Crippen LogP contribution >= 0.6 is 0 Å². The van der Waals surface area contributed by atoms with E-state index in [-0.39, 0.29) is 29.0 Å². The Balaban J connectivity index is 3.06. The minimum Gasteiger partial charge on any atom is -0.506 e. The first kappa shape index (κ1) is 27.8. The van der Waals surface area contributed by atoms with Crippen LogP contribution in [0.1, 0.15) is 74.3 Å². The lowest BCUT2D eigenvalue weighted by molar-refractivity contribution is -0.118. The van der Waals surface area contributed by atoms with Gasteiger partial charge in [-0.2, -0.15) is 0 Å². The second-order valence-corrected chi connectivity index (χ2v) is 11.2. The molecule has 0 spiro atoms. The summed E-state index contributed by atoms with van der Waals surface area (Å²) >= 11 is 0. The van der Waals surface area contributed by atoms with Crippen LogP contribution in [0.15, 0.2) is 18.2 Å². The van der Waals surface area contributed by atoms with Crippen molar-refractivity contribution in [3.8, 4) is 5.75 Å². The van der Waals surface area contributed by atoms with Crippen LogP contribution in [0.2, 0.25) is 0 Å². The summed E-state index contributed by atoms with van der Waals surface area (Å²) < 4.78 is 5.46. The van der Waals surface area contributed by atoms with E-state index in [9.17, 15) is 14.7 Å². The fourth-order valence-electron chi connectivity index (χ4n) is 3.06. The SMILES string of the molecule is CC(C)C(N)C(=O)Nc1cc(C[C@@H](C[C@H](C)C(C)(C)C)NC(=O)OC(C)(C)C)ccc1O. The lowest BCUT2D eigenvalue weighted by Gasteiger charge is -2.32. The molecule has 1 rings (SSSR count). The van der Waals surface area contributed by atoms with Crippen LogP contribution < -0.4 is 16.4 Å². The molecule has 1 aromatic carbocycles. The van der Waals surface area contributed by atoms with Crippen LogP contribution in [0, 0.1) is 17.3 Å². The monoisotopic (exact) mass is 449 g/mol. The minimum absolute atomic E-state index is 0.0263. The number of aromatic hydroxyl groups is 1. The van der Waals surface area contributed by atoms with Gasteiger partial charge in [0.05, 0.1) is 11.7 Å². The van der Waals surface area contributed by atoms with E-state index in [0.717, 1.165) is 12.0 Å². The van der Waals surface area contributed by atoms with E-state index in [1.54, 1.807) is 18.2 Å². The van der Waals surface area contributed by atoms with Crippen LogP contribution in [0.25, 0.3) is 0 Å². The molecule has 0 aromatic heterocycles. The lowest BCUT2D eigenvalue weighted by atomic mass is 9.78. The largest absolute Gasteiger partial charge is 0.506 e. The number of phenols is 1. The van der Waals surface area contributed by atoms with E-state index >= 15 is 0 Å². The fraction of sp³-hybridized carbons (Fsp3) is 0.680. The zero-order valence-electron chi connectivity index (χ0n) is 21.2. The van der Waals surface area contributed by atoms with E-state index in [1.807, 2.05) is 34.6 Å². The summed E-state index contributed by atoms with van der Waals surface area (Å²) in [5.41, 5.74) is 6.60. The molecule has 0 saturated heterocycles. The number of hydrogen-bond donors (Lipinski definition) is 4. The van der Waals surface area contributed by atoms with E-state index < -0.39 is 17.7 Å². The van der Waals surface area contributed by atoms with Crippen molar-refractivity contribution in [2.24, 2.45) is 23.0 Å². The van der Waals surface area contributed by atoms with Gasteiger partial charge in [0.2, 0.25) is 5.91 Å². The number of carbonyl (C=O) groups is 2. The van der Waals surface area contributed by atoms with Crippen molar-refractivity contribution >= 4 is 17.7 Å². The normalized spacial score (nSPS) is 15.1. The number of carbonyl (C=O) groups excluding carboxylic acids is 2. The number of ether oxygens (including phenoxy) is 1. The van der Waals surface area contributed by atoms with Crippen LogP contribution in [-0.2, 0) is 16.0 Å². The second-order valence-electron chi connectivity index (χ2n) is 11.2. The first-order valence-corrected chi connectivity index (χ1v) is 11.4. The Labute approximate surface area is 193 Å². The number of anilines is 1. The van der Waals surface area contributed by atoms with Gasteiger partial charge in [-0.25, -0.2) is 4.79 Å². The average molecular weight is 450 g/mol. The fourth-order valence-corrected chi connectivity index (χ4v) is 3.06. The Kier molecular flexibility index (Phi) is 9.57. The number of benzene rings is 1. The summed E-state index contributed by atoms with van der Waals surface area (Å²) in [5.74, 6) is -0.0700. The molecule has 32 heavy (non-hydrogen) atoms. The maximum absolute atomic E-state index is 12.5. The van der Waals surface area contributed by atoms with Gasteiger partial charge in [0.25, 0.3) is 0 Å². The van der Waals surface area contributed by atoms with Crippen LogP contribution in [0.3, 0.4) is 0 Å². The first-order valence-electron chi connectivity index (χ1n) is 11.4. The molecule has 1 unspecified atom stereocenters. The molecule has 3 atom stereocenters. The summed E-state index contributed by atoms with van der Waals surface area (Å²) in [5, 5.41) is 15.9. The number of nitrogens with one attached hydrogen (secondary N) is 2. The number of hydrogen-bond acceptors (Lipinski definition) is 5. The number of rotatable bonds is 8. The zero-order chi connectivity index (χ0) is 24.9. The molecular formula is C25H43N3O4. The maximum atomic E-state index is 12.5. The minimum atomic E-state index is -0.674. The maximum Gasteiger partial charge on any atom is 0.407 e. The van der Waals surface area contributed by atoms with Crippen molar-refractivity contribution in [2.45, 2.75) is 92.8 Å². The summed E-state index contributed by atoms with van der Waals surface area (Å²) in [6.07, 6.45) is 0.821. The van der Waals surface area contributed by atoms with Crippen molar-refractivity contribution in [3.05, 3.63) is 23.8 Å². The Hall–Kier alpha value is -2.28. The highest BCUT2D eigenvalue weighted by Crippen LogP contribution is 2.31. The van der Waals surface area contributed by atoms with E-state index in [1.165, 1.54) is 0 Å². The van der Waals surface area contributed by atoms with Gasteiger partial charge in [0, 0.05) is 6.04 Å². The molecule has 0 heterocycles. The summed E-state index contributed by atoms with van der Waals surface area (Å²) in [6, 6.07) is 4.21. The average Bonchev–Trinajstić information content (AvgIpc) is 2.61. The van der Waals surface area contributed by atoms with Crippen molar-refractivity contribution < 1.29 is 19.4 Å². The molecule has 7 nitrogen and oxygen atoms in total. The van der Waals surface area contributed by atoms with Crippen LogP contribution in [-0.4, -0.2) is 34.8 Å². The smallest absolute Gasteiger partial charge is 0.407 e. The van der Waals surface area contributed by atoms with Crippen LogP contribution in [0.5, 0.6) is 5.75 Å². The second kappa shape index (κ2) is 11.0. The van der Waals surface area contributed by atoms with Crippen molar-refractivity contribution in [1.82, 2.24) is 5.32 Å². The Bertz CT molecular complexity index is 778. The Morgan fingerprint density at radius 2 is 1.69 bits per heavy atom. The topological polar surface area (TPSA) is 114 Å². The predicted octanol–water partition coefficient (Wildman–Crippen LogP) is 4.82. The van der Waals surface area contributed by atoms with Gasteiger partial charge in [0.1, 0.15) is 11.4 Å². The molecule has 182 valence electrons. The van der Waals surface area contributed by atoms with Crippen molar-refractivity contribution in [2.75, 3.05) is 5.32 Å². The van der Waals surface area contributed by atoms with E-state index in [4.69, 9.17) is 10.5 Å². The molecule has 5 N–H and O–H groups in total. The lowest BCUT2D eigenvalue weighted by Crippen LogP contribution is -2.42. The van der Waals surface area contributed by atoms with E-state index in [2.05, 4.69) is 38.3 Å². The van der Waals surface area contributed by atoms with Gasteiger partial charge in [-0.3, -0.25) is 4.79 Å². The molecule has 0 saturated carbocycles. The zero-order valence-corrected chi connectivity index (χ0v) is 21.2. The van der Waals surface area contributed by atoms with Gasteiger partial charge in [-0.1, -0.05) is 47.6 Å². The highest BCUT2D eigenvalue weighted by atomic mass is 16.6. The predicted molar refractivity (Wildman–Crippen MR) is 130 cm³/mol. The van der Waals surface area contributed by atoms with Crippen LogP contribution in [0.4, 0.5) is 10.5 Å².